The van der Waals surface area contributed by atoms with Crippen LogP contribution in [-0.4, -0.2) is 22.5 Å². The molecule has 0 saturated heterocycles. The van der Waals surface area contributed by atoms with Gasteiger partial charge in [-0.2, -0.15) is 0 Å². The fourth-order valence-electron chi connectivity index (χ4n) is 0.815. The SMILES string of the molecule is CCC(C)OP(=O)(O)CCCCBr. The van der Waals surface area contributed by atoms with Crippen LogP contribution in [-0.2, 0) is 9.09 Å². The first-order valence-corrected chi connectivity index (χ1v) is 7.46. The Bertz CT molecular complexity index is 175. The molecule has 80 valence electrons. The quantitative estimate of drug-likeness (QED) is 0.440. The molecule has 0 aliphatic heterocycles. The van der Waals surface area contributed by atoms with E-state index < -0.39 is 7.60 Å². The monoisotopic (exact) mass is 272 g/mol. The number of alkyl halides is 1. The van der Waals surface area contributed by atoms with E-state index in [-0.39, 0.29) is 12.3 Å². The van der Waals surface area contributed by atoms with Crippen molar-refractivity contribution < 1.29 is 14.0 Å². The van der Waals surface area contributed by atoms with Crippen LogP contribution in [0.15, 0.2) is 0 Å². The van der Waals surface area contributed by atoms with Crippen LogP contribution in [0.1, 0.15) is 33.1 Å². The predicted octanol–water partition coefficient (Wildman–Crippen LogP) is 3.16. The van der Waals surface area contributed by atoms with Crippen LogP contribution >= 0.6 is 23.5 Å². The molecule has 0 saturated carbocycles. The maximum atomic E-state index is 11.4. The summed E-state index contributed by atoms with van der Waals surface area (Å²) in [5.41, 5.74) is 0. The Balaban J connectivity index is 3.73. The normalized spacial score (nSPS) is 18.2. The highest BCUT2D eigenvalue weighted by Gasteiger charge is 2.20. The molecular formula is C8H18BrO3P. The molecule has 5 heteroatoms. The first-order valence-electron chi connectivity index (χ1n) is 4.58. The first kappa shape index (κ1) is 13.6. The zero-order valence-corrected chi connectivity index (χ0v) is 10.7. The Hall–Kier alpha value is 0.630. The smallest absolute Gasteiger partial charge is 0.324 e. The molecule has 0 amide bonds. The maximum absolute atomic E-state index is 11.4. The van der Waals surface area contributed by atoms with E-state index in [1.165, 1.54) is 0 Å². The number of unbranched alkanes of at least 4 members (excludes halogenated alkanes) is 1. The lowest BCUT2D eigenvalue weighted by Gasteiger charge is -2.16. The minimum Gasteiger partial charge on any atom is -0.324 e. The Morgan fingerprint density at radius 1 is 1.54 bits per heavy atom. The highest BCUT2D eigenvalue weighted by molar-refractivity contribution is 9.09. The lowest BCUT2D eigenvalue weighted by molar-refractivity contribution is 0.185. The summed E-state index contributed by atoms with van der Waals surface area (Å²) in [5.74, 6) is 0. The van der Waals surface area contributed by atoms with Crippen molar-refractivity contribution >= 4 is 23.5 Å². The van der Waals surface area contributed by atoms with Crippen LogP contribution in [0.5, 0.6) is 0 Å². The molecule has 0 spiro atoms. The molecule has 1 N–H and O–H groups in total. The average molecular weight is 273 g/mol. The number of rotatable bonds is 7. The maximum Gasteiger partial charge on any atom is 0.328 e. The standard InChI is InChI=1S/C8H18BrO3P/c1-3-8(2)12-13(10,11)7-5-4-6-9/h8H,3-7H2,1-2H3,(H,10,11). The van der Waals surface area contributed by atoms with Crippen molar-refractivity contribution in [3.05, 3.63) is 0 Å². The first-order chi connectivity index (χ1) is 6.02. The summed E-state index contributed by atoms with van der Waals surface area (Å²) in [5, 5.41) is 0.871. The highest BCUT2D eigenvalue weighted by atomic mass is 79.9. The summed E-state index contributed by atoms with van der Waals surface area (Å²) in [6.45, 7) is 3.75. The Labute approximate surface area is 88.5 Å². The highest BCUT2D eigenvalue weighted by Crippen LogP contribution is 2.44. The Morgan fingerprint density at radius 3 is 2.62 bits per heavy atom. The minimum absolute atomic E-state index is 0.125. The molecule has 0 aliphatic rings. The van der Waals surface area contributed by atoms with Gasteiger partial charge in [0, 0.05) is 5.33 Å². The topological polar surface area (TPSA) is 46.5 Å². The van der Waals surface area contributed by atoms with Gasteiger partial charge >= 0.3 is 7.60 Å². The van der Waals surface area contributed by atoms with Crippen molar-refractivity contribution in [1.82, 2.24) is 0 Å². The van der Waals surface area contributed by atoms with Gasteiger partial charge in [0.15, 0.2) is 0 Å². The number of hydrogen-bond acceptors (Lipinski definition) is 2. The molecule has 0 aromatic carbocycles. The Kier molecular flexibility index (Phi) is 7.33. The summed E-state index contributed by atoms with van der Waals surface area (Å²) >= 11 is 3.27. The fourth-order valence-corrected chi connectivity index (χ4v) is 2.65. The summed E-state index contributed by atoms with van der Waals surface area (Å²) in [6, 6.07) is 0. The summed E-state index contributed by atoms with van der Waals surface area (Å²) in [6.07, 6.45) is 2.55. The van der Waals surface area contributed by atoms with Crippen LogP contribution in [0, 0.1) is 0 Å². The van der Waals surface area contributed by atoms with Gasteiger partial charge in [-0.15, -0.1) is 0 Å². The van der Waals surface area contributed by atoms with Gasteiger partial charge in [0.2, 0.25) is 0 Å². The average Bonchev–Trinajstić information content (AvgIpc) is 2.03. The van der Waals surface area contributed by atoms with E-state index in [0.717, 1.165) is 24.6 Å². The minimum atomic E-state index is -3.32. The van der Waals surface area contributed by atoms with Crippen molar-refractivity contribution in [1.29, 1.82) is 0 Å². The zero-order chi connectivity index (χ0) is 10.3. The van der Waals surface area contributed by atoms with Gasteiger partial charge in [-0.1, -0.05) is 22.9 Å². The van der Waals surface area contributed by atoms with Crippen LogP contribution < -0.4 is 0 Å². The van der Waals surface area contributed by atoms with Crippen LogP contribution in [0.25, 0.3) is 0 Å². The molecule has 13 heavy (non-hydrogen) atoms. The fraction of sp³-hybridized carbons (Fsp3) is 1.00. The van der Waals surface area contributed by atoms with E-state index >= 15 is 0 Å². The van der Waals surface area contributed by atoms with Crippen molar-refractivity contribution in [3.63, 3.8) is 0 Å². The molecule has 0 heterocycles. The zero-order valence-electron chi connectivity index (χ0n) is 8.20. The largest absolute Gasteiger partial charge is 0.328 e. The van der Waals surface area contributed by atoms with Crippen LogP contribution in [0.3, 0.4) is 0 Å². The second-order valence-corrected chi connectivity index (χ2v) is 5.81. The molecule has 0 fully saturated rings. The van der Waals surface area contributed by atoms with Crippen LogP contribution in [0.4, 0.5) is 0 Å². The lowest BCUT2D eigenvalue weighted by Crippen LogP contribution is -2.06. The number of halogens is 1. The molecule has 0 rings (SSSR count). The van der Waals surface area contributed by atoms with Gasteiger partial charge in [0.25, 0.3) is 0 Å². The lowest BCUT2D eigenvalue weighted by atomic mass is 10.3. The number of hydrogen-bond donors (Lipinski definition) is 1. The van der Waals surface area contributed by atoms with E-state index in [0.29, 0.717) is 0 Å². The van der Waals surface area contributed by atoms with E-state index in [1.54, 1.807) is 0 Å². The predicted molar refractivity (Wildman–Crippen MR) is 58.6 cm³/mol. The summed E-state index contributed by atoms with van der Waals surface area (Å²) < 4.78 is 16.4. The van der Waals surface area contributed by atoms with Crippen LogP contribution in [0.2, 0.25) is 0 Å². The third kappa shape index (κ3) is 7.68. The van der Waals surface area contributed by atoms with Gasteiger partial charge in [0.1, 0.15) is 0 Å². The van der Waals surface area contributed by atoms with Gasteiger partial charge in [-0.3, -0.25) is 4.57 Å². The molecule has 2 unspecified atom stereocenters. The third-order valence-corrected chi connectivity index (χ3v) is 3.88. The second-order valence-electron chi connectivity index (χ2n) is 3.08. The second kappa shape index (κ2) is 6.99. The van der Waals surface area contributed by atoms with Gasteiger partial charge in [-0.25, -0.2) is 0 Å². The van der Waals surface area contributed by atoms with E-state index in [1.807, 2.05) is 13.8 Å². The van der Waals surface area contributed by atoms with Gasteiger partial charge in [0.05, 0.1) is 12.3 Å². The van der Waals surface area contributed by atoms with Crippen molar-refractivity contribution in [2.75, 3.05) is 11.5 Å². The molecule has 0 aromatic heterocycles. The Morgan fingerprint density at radius 2 is 2.15 bits per heavy atom. The van der Waals surface area contributed by atoms with Gasteiger partial charge < -0.3 is 9.42 Å². The van der Waals surface area contributed by atoms with Crippen molar-refractivity contribution in [2.45, 2.75) is 39.2 Å². The van der Waals surface area contributed by atoms with E-state index in [4.69, 9.17) is 4.52 Å². The third-order valence-electron chi connectivity index (χ3n) is 1.74. The summed E-state index contributed by atoms with van der Waals surface area (Å²) in [4.78, 5) is 9.36. The molecule has 2 atom stereocenters. The van der Waals surface area contributed by atoms with Gasteiger partial charge in [-0.05, 0) is 26.2 Å². The molecule has 0 bridgehead atoms. The van der Waals surface area contributed by atoms with Crippen molar-refractivity contribution in [3.8, 4) is 0 Å². The molecule has 0 radical (unpaired) electrons. The molecule has 0 aromatic rings. The van der Waals surface area contributed by atoms with E-state index in [9.17, 15) is 9.46 Å². The van der Waals surface area contributed by atoms with Crippen molar-refractivity contribution in [2.24, 2.45) is 0 Å². The summed E-state index contributed by atoms with van der Waals surface area (Å²) in [7, 11) is -3.32. The molecule has 0 aliphatic carbocycles. The molecular weight excluding hydrogens is 255 g/mol. The van der Waals surface area contributed by atoms with E-state index in [2.05, 4.69) is 15.9 Å². The molecule has 3 nitrogen and oxygen atoms in total.